The van der Waals surface area contributed by atoms with Crippen LogP contribution in [0.15, 0.2) is 41.7 Å². The lowest BCUT2D eigenvalue weighted by Crippen LogP contribution is -2.31. The van der Waals surface area contributed by atoms with Crippen LogP contribution < -0.4 is 14.8 Å². The van der Waals surface area contributed by atoms with Gasteiger partial charge in [-0.25, -0.2) is 4.68 Å². The molecule has 1 aliphatic carbocycles. The lowest BCUT2D eigenvalue weighted by molar-refractivity contribution is -0.116. The Balaban J connectivity index is 1.65. The van der Waals surface area contributed by atoms with Gasteiger partial charge in [-0.15, -0.1) is 0 Å². The fraction of sp³-hybridized carbons (Fsp3) is 0.368. The van der Waals surface area contributed by atoms with Crippen LogP contribution in [0.2, 0.25) is 0 Å². The summed E-state index contributed by atoms with van der Waals surface area (Å²) >= 11 is 0. The van der Waals surface area contributed by atoms with Gasteiger partial charge >= 0.3 is 0 Å². The Morgan fingerprint density at radius 3 is 2.88 bits per heavy atom. The molecule has 0 saturated carbocycles. The van der Waals surface area contributed by atoms with Gasteiger partial charge in [0.2, 0.25) is 0 Å². The summed E-state index contributed by atoms with van der Waals surface area (Å²) in [6.07, 6.45) is 5.02. The summed E-state index contributed by atoms with van der Waals surface area (Å²) in [6.45, 7) is 1.30. The Bertz CT molecular complexity index is 884. The van der Waals surface area contributed by atoms with Crippen molar-refractivity contribution in [2.24, 2.45) is 0 Å². The van der Waals surface area contributed by atoms with Gasteiger partial charge in [0.1, 0.15) is 11.9 Å². The number of hydrogen-bond donors (Lipinski definition) is 1. The molecule has 1 N–H and O–H groups in total. The topological polar surface area (TPSA) is 65.4 Å². The SMILES string of the molecule is O=C1CCCC2=C1C(c1ccc3c(c1)OCCCO3)n1nccc1N2. The Morgan fingerprint density at radius 2 is 1.96 bits per heavy atom. The van der Waals surface area contributed by atoms with Crippen molar-refractivity contribution >= 4 is 11.6 Å². The molecule has 0 amide bonds. The molecule has 0 radical (unpaired) electrons. The zero-order valence-corrected chi connectivity index (χ0v) is 13.8. The molecule has 0 saturated heterocycles. The van der Waals surface area contributed by atoms with E-state index >= 15 is 0 Å². The Hall–Kier alpha value is -2.76. The molecule has 0 bridgehead atoms. The van der Waals surface area contributed by atoms with Crippen LogP contribution in [0.4, 0.5) is 5.82 Å². The monoisotopic (exact) mass is 337 g/mol. The third-order valence-electron chi connectivity index (χ3n) is 5.01. The van der Waals surface area contributed by atoms with E-state index in [4.69, 9.17) is 9.47 Å². The number of carbonyl (C=O) groups is 1. The normalized spacial score (nSPS) is 21.9. The molecule has 25 heavy (non-hydrogen) atoms. The number of benzene rings is 1. The van der Waals surface area contributed by atoms with Gasteiger partial charge in [0.15, 0.2) is 17.3 Å². The van der Waals surface area contributed by atoms with Crippen molar-refractivity contribution in [3.05, 3.63) is 47.3 Å². The van der Waals surface area contributed by atoms with Crippen molar-refractivity contribution in [1.82, 2.24) is 9.78 Å². The predicted octanol–water partition coefficient (Wildman–Crippen LogP) is 3.07. The van der Waals surface area contributed by atoms with E-state index in [1.807, 2.05) is 28.9 Å². The van der Waals surface area contributed by atoms with Crippen LogP contribution in [0.5, 0.6) is 11.5 Å². The highest BCUT2D eigenvalue weighted by molar-refractivity contribution is 5.99. The highest BCUT2D eigenvalue weighted by Gasteiger charge is 2.35. The zero-order valence-electron chi connectivity index (χ0n) is 13.8. The molecule has 2 aromatic rings. The molecule has 3 aliphatic rings. The molecule has 6 heteroatoms. The summed E-state index contributed by atoms with van der Waals surface area (Å²) in [6, 6.07) is 7.68. The predicted molar refractivity (Wildman–Crippen MR) is 91.9 cm³/mol. The third-order valence-corrected chi connectivity index (χ3v) is 5.01. The van der Waals surface area contributed by atoms with Gasteiger partial charge in [-0.2, -0.15) is 5.10 Å². The van der Waals surface area contributed by atoms with Crippen LogP contribution >= 0.6 is 0 Å². The van der Waals surface area contributed by atoms with E-state index in [2.05, 4.69) is 10.4 Å². The molecular formula is C19H19N3O3. The number of carbonyl (C=O) groups excluding carboxylic acids is 1. The number of ether oxygens (including phenoxy) is 2. The highest BCUT2D eigenvalue weighted by Crippen LogP contribution is 2.42. The number of fused-ring (bicyclic) bond motifs is 2. The Labute approximate surface area is 145 Å². The van der Waals surface area contributed by atoms with Crippen molar-refractivity contribution in [2.75, 3.05) is 18.5 Å². The maximum atomic E-state index is 12.7. The van der Waals surface area contributed by atoms with Crippen LogP contribution in [-0.4, -0.2) is 28.8 Å². The largest absolute Gasteiger partial charge is 0.490 e. The van der Waals surface area contributed by atoms with Crippen LogP contribution in [0.25, 0.3) is 0 Å². The van der Waals surface area contributed by atoms with Crippen molar-refractivity contribution in [1.29, 1.82) is 0 Å². The summed E-state index contributed by atoms with van der Waals surface area (Å²) in [5, 5.41) is 7.85. The average molecular weight is 337 g/mol. The molecule has 0 spiro atoms. The van der Waals surface area contributed by atoms with Gasteiger partial charge in [0, 0.05) is 30.2 Å². The van der Waals surface area contributed by atoms with Crippen LogP contribution in [0.3, 0.4) is 0 Å². The lowest BCUT2D eigenvalue weighted by atomic mass is 9.85. The minimum atomic E-state index is -0.216. The minimum absolute atomic E-state index is 0.201. The molecule has 6 nitrogen and oxygen atoms in total. The second kappa shape index (κ2) is 5.65. The van der Waals surface area contributed by atoms with E-state index in [0.29, 0.717) is 19.6 Å². The molecule has 2 aliphatic heterocycles. The zero-order chi connectivity index (χ0) is 16.8. The second-order valence-corrected chi connectivity index (χ2v) is 6.61. The van der Waals surface area contributed by atoms with Crippen molar-refractivity contribution in [2.45, 2.75) is 31.7 Å². The number of hydrogen-bond acceptors (Lipinski definition) is 5. The average Bonchev–Trinajstić information content (AvgIpc) is 2.96. The van der Waals surface area contributed by atoms with Crippen molar-refractivity contribution < 1.29 is 14.3 Å². The first-order valence-electron chi connectivity index (χ1n) is 8.77. The number of aromatic nitrogens is 2. The molecule has 1 aromatic heterocycles. The fourth-order valence-corrected chi connectivity index (χ4v) is 3.86. The maximum absolute atomic E-state index is 12.7. The quantitative estimate of drug-likeness (QED) is 0.866. The molecule has 0 fully saturated rings. The van der Waals surface area contributed by atoms with E-state index in [9.17, 15) is 4.79 Å². The Kier molecular flexibility index (Phi) is 3.29. The van der Waals surface area contributed by atoms with Crippen LogP contribution in [-0.2, 0) is 4.79 Å². The molecule has 5 rings (SSSR count). The summed E-state index contributed by atoms with van der Waals surface area (Å²) in [5.74, 6) is 2.63. The smallest absolute Gasteiger partial charge is 0.163 e. The van der Waals surface area contributed by atoms with Gasteiger partial charge in [0.25, 0.3) is 0 Å². The first kappa shape index (κ1) is 14.6. The van der Waals surface area contributed by atoms with Gasteiger partial charge < -0.3 is 14.8 Å². The number of rotatable bonds is 1. The first-order chi connectivity index (χ1) is 12.3. The van der Waals surface area contributed by atoms with Crippen molar-refractivity contribution in [3.8, 4) is 11.5 Å². The molecule has 1 unspecified atom stereocenters. The van der Waals surface area contributed by atoms with Gasteiger partial charge in [0.05, 0.1) is 19.4 Å². The van der Waals surface area contributed by atoms with E-state index < -0.39 is 0 Å². The molecule has 1 atom stereocenters. The Morgan fingerprint density at radius 1 is 1.08 bits per heavy atom. The minimum Gasteiger partial charge on any atom is -0.490 e. The van der Waals surface area contributed by atoms with Crippen molar-refractivity contribution in [3.63, 3.8) is 0 Å². The number of allylic oxidation sites excluding steroid dienone is 2. The summed E-state index contributed by atoms with van der Waals surface area (Å²) in [7, 11) is 0. The number of nitrogens with zero attached hydrogens (tertiary/aromatic N) is 2. The molecule has 3 heterocycles. The summed E-state index contributed by atoms with van der Waals surface area (Å²) in [5.41, 5.74) is 2.86. The molecule has 1 aromatic carbocycles. The number of nitrogens with one attached hydrogen (secondary N) is 1. The van der Waals surface area contributed by atoms with E-state index in [0.717, 1.165) is 53.4 Å². The second-order valence-electron chi connectivity index (χ2n) is 6.61. The van der Waals surface area contributed by atoms with Gasteiger partial charge in [-0.05, 0) is 30.5 Å². The van der Waals surface area contributed by atoms with Crippen LogP contribution in [0.1, 0.15) is 37.3 Å². The molecule has 128 valence electrons. The van der Waals surface area contributed by atoms with Gasteiger partial charge in [-0.1, -0.05) is 6.07 Å². The first-order valence-corrected chi connectivity index (χ1v) is 8.77. The van der Waals surface area contributed by atoms with E-state index in [1.54, 1.807) is 6.20 Å². The molecular weight excluding hydrogens is 318 g/mol. The van der Waals surface area contributed by atoms with Crippen LogP contribution in [0, 0.1) is 0 Å². The van der Waals surface area contributed by atoms with E-state index in [1.165, 1.54) is 0 Å². The maximum Gasteiger partial charge on any atom is 0.163 e. The summed E-state index contributed by atoms with van der Waals surface area (Å²) < 4.78 is 13.5. The van der Waals surface area contributed by atoms with E-state index in [-0.39, 0.29) is 11.8 Å². The summed E-state index contributed by atoms with van der Waals surface area (Å²) in [4.78, 5) is 12.7. The third kappa shape index (κ3) is 2.32. The number of ketones is 1. The van der Waals surface area contributed by atoms with Gasteiger partial charge in [-0.3, -0.25) is 4.79 Å². The highest BCUT2D eigenvalue weighted by atomic mass is 16.5. The number of Topliss-reactive ketones (excluding diaryl/α,β-unsaturated/α-hetero) is 1. The lowest BCUT2D eigenvalue weighted by Gasteiger charge is -2.33. The number of anilines is 1. The standard InChI is InChI=1S/C19H19N3O3/c23-14-4-1-3-13-18(14)19(22-17(21-13)7-8-20-22)12-5-6-15-16(11-12)25-10-2-9-24-15/h5-8,11,19,21H,1-4,9-10H2. The fourth-order valence-electron chi connectivity index (χ4n) is 3.86.